The van der Waals surface area contributed by atoms with Crippen molar-refractivity contribution in [3.8, 4) is 0 Å². The van der Waals surface area contributed by atoms with E-state index < -0.39 is 23.5 Å². The van der Waals surface area contributed by atoms with Gasteiger partial charge >= 0.3 is 12.4 Å². The second-order valence-electron chi connectivity index (χ2n) is 6.49. The first kappa shape index (κ1) is 25.8. The molecule has 0 aromatic heterocycles. The van der Waals surface area contributed by atoms with Crippen LogP contribution in [0.5, 0.6) is 0 Å². The molecule has 1 aromatic carbocycles. The molecule has 1 aliphatic rings. The molecule has 0 unspecified atom stereocenters. The molecule has 5 radical (unpaired) electrons. The number of hydrogen-bond donors (Lipinski definition) is 0. The van der Waals surface area contributed by atoms with Crippen molar-refractivity contribution < 1.29 is 34.3 Å². The van der Waals surface area contributed by atoms with Crippen molar-refractivity contribution in [1.29, 1.82) is 0 Å². The number of rotatable bonds is 1. The summed E-state index contributed by atoms with van der Waals surface area (Å²) in [6.07, 6.45) is -3.80. The van der Waals surface area contributed by atoms with Crippen LogP contribution in [0.2, 0.25) is 0 Å². The molecule has 1 nitrogen and oxygen atoms in total. The van der Waals surface area contributed by atoms with E-state index in [1.165, 1.54) is 5.57 Å². The van der Waals surface area contributed by atoms with E-state index in [-0.39, 0.29) is 32.7 Å². The first-order valence-corrected chi connectivity index (χ1v) is 7.49. The third-order valence-electron chi connectivity index (χ3n) is 3.47. The predicted molar refractivity (Wildman–Crippen MR) is 93.5 cm³/mol. The zero-order valence-corrected chi connectivity index (χ0v) is 17.3. The molecule has 0 spiro atoms. The summed E-state index contributed by atoms with van der Waals surface area (Å²) in [7, 11) is 0. The van der Waals surface area contributed by atoms with Gasteiger partial charge in [0.25, 0.3) is 0 Å². The van der Waals surface area contributed by atoms with E-state index in [2.05, 4.69) is 39.0 Å². The molecular formula is C19H21F6OSb-. The molecule has 27 heavy (non-hydrogen) atoms. The van der Waals surface area contributed by atoms with Crippen LogP contribution in [0.3, 0.4) is 0 Å². The monoisotopic (exact) mass is 500 g/mol. The number of alkyl halides is 6. The molecule has 0 aliphatic heterocycles. The predicted octanol–water partition coefficient (Wildman–Crippen LogP) is 5.17. The molecule has 0 saturated heterocycles. The first-order chi connectivity index (χ1) is 11.7. The Balaban J connectivity index is -0.000000457. The van der Waals surface area contributed by atoms with Gasteiger partial charge in [0, 0.05) is 33.7 Å². The van der Waals surface area contributed by atoms with Crippen LogP contribution in [0.15, 0.2) is 53.8 Å². The Morgan fingerprint density at radius 3 is 1.78 bits per heavy atom. The summed E-state index contributed by atoms with van der Waals surface area (Å²) >= 11 is 0. The number of hydrogen-bond acceptors (Lipinski definition) is 1. The first-order valence-electron chi connectivity index (χ1n) is 7.49. The Labute approximate surface area is 174 Å². The van der Waals surface area contributed by atoms with Crippen molar-refractivity contribution in [2.45, 2.75) is 38.7 Å². The summed E-state index contributed by atoms with van der Waals surface area (Å²) < 4.78 is 73.4. The molecule has 0 N–H and O–H groups in total. The summed E-state index contributed by atoms with van der Waals surface area (Å²) in [5.74, 6) is 0. The summed E-state index contributed by atoms with van der Waals surface area (Å²) in [6.45, 7) is 6.63. The van der Waals surface area contributed by atoms with Gasteiger partial charge in [-0.1, -0.05) is 56.7 Å². The molecule has 151 valence electrons. The standard InChI is InChI=1S/C10H13.C9H4F6O.Sb.2H2/c1-10(2,3)9-7-5-4-6-8-9;10-8(11,12)7(16,9(13,14)15)6-4-2-1-3-5-6;;;/h5-8H,1-3H3;1-4H;;2*1H/q;-1;;;. The van der Waals surface area contributed by atoms with Gasteiger partial charge in [0.05, 0.1) is 0 Å². The van der Waals surface area contributed by atoms with E-state index >= 15 is 0 Å². The molecule has 0 saturated carbocycles. The van der Waals surface area contributed by atoms with Crippen LogP contribution in [0.1, 0.15) is 29.2 Å². The Kier molecular flexibility index (Phi) is 8.95. The maximum absolute atomic E-state index is 12.2. The summed E-state index contributed by atoms with van der Waals surface area (Å²) in [5, 5.41) is 11.1. The molecule has 1 aromatic rings. The molecule has 0 atom stereocenters. The summed E-state index contributed by atoms with van der Waals surface area (Å²) in [5.41, 5.74) is -1.98. The van der Waals surface area contributed by atoms with Crippen LogP contribution >= 0.6 is 0 Å². The average Bonchev–Trinajstić information content (AvgIpc) is 2.53. The van der Waals surface area contributed by atoms with Gasteiger partial charge in [-0.2, -0.15) is 26.3 Å². The fraction of sp³-hybridized carbons (Fsp3) is 0.368. The Morgan fingerprint density at radius 1 is 0.926 bits per heavy atom. The molecule has 1 aliphatic carbocycles. The fourth-order valence-corrected chi connectivity index (χ4v) is 1.97. The molecule has 2 rings (SSSR count). The number of allylic oxidation sites excluding steroid dienone is 3. The molecule has 0 amide bonds. The SMILES string of the molecule is CC(C)(C)C1=CC=C=C[CH]1.[HH].[HH].[O-]C(c1[c]cccc1)(C(F)(F)F)C(F)(F)F.[Sb]. The fourth-order valence-electron chi connectivity index (χ4n) is 1.97. The van der Waals surface area contributed by atoms with Crippen LogP contribution in [-0.2, 0) is 5.60 Å². The normalized spacial score (nSPS) is 14.7. The summed E-state index contributed by atoms with van der Waals surface area (Å²) in [4.78, 5) is 0. The Hall–Kier alpha value is -1.16. The zero-order valence-electron chi connectivity index (χ0n) is 14.7. The maximum Gasteiger partial charge on any atom is 0.392 e. The quantitative estimate of drug-likeness (QED) is 0.296. The third-order valence-corrected chi connectivity index (χ3v) is 3.47. The number of benzene rings is 1. The van der Waals surface area contributed by atoms with E-state index in [0.717, 1.165) is 18.2 Å². The van der Waals surface area contributed by atoms with E-state index in [1.54, 1.807) is 6.07 Å². The Morgan fingerprint density at radius 2 is 1.48 bits per heavy atom. The minimum absolute atomic E-state index is 0. The van der Waals surface area contributed by atoms with E-state index in [1.807, 2.05) is 12.2 Å². The van der Waals surface area contributed by atoms with Gasteiger partial charge < -0.3 is 5.11 Å². The van der Waals surface area contributed by atoms with Crippen molar-refractivity contribution in [3.63, 3.8) is 0 Å². The second kappa shape index (κ2) is 9.36. The van der Waals surface area contributed by atoms with Crippen molar-refractivity contribution in [3.05, 3.63) is 71.8 Å². The molecule has 8 heteroatoms. The van der Waals surface area contributed by atoms with Crippen molar-refractivity contribution >= 4 is 24.4 Å². The van der Waals surface area contributed by atoms with Gasteiger partial charge in [0.2, 0.25) is 0 Å². The molecular weight excluding hydrogens is 480 g/mol. The van der Waals surface area contributed by atoms with Gasteiger partial charge in [0.15, 0.2) is 0 Å². The van der Waals surface area contributed by atoms with Gasteiger partial charge in [-0.15, -0.1) is 5.73 Å². The number of halogens is 6. The van der Waals surface area contributed by atoms with Crippen molar-refractivity contribution in [2.75, 3.05) is 0 Å². The van der Waals surface area contributed by atoms with Gasteiger partial charge in [-0.05, 0) is 29.2 Å². The molecule has 0 bridgehead atoms. The Bertz CT molecular complexity index is 686. The van der Waals surface area contributed by atoms with E-state index in [4.69, 9.17) is 0 Å². The largest absolute Gasteiger partial charge is 0.833 e. The van der Waals surface area contributed by atoms with Gasteiger partial charge in [-0.25, -0.2) is 0 Å². The average molecular weight is 501 g/mol. The van der Waals surface area contributed by atoms with E-state index in [9.17, 15) is 31.4 Å². The van der Waals surface area contributed by atoms with Crippen LogP contribution < -0.4 is 5.11 Å². The van der Waals surface area contributed by atoms with Gasteiger partial charge in [0.1, 0.15) is 5.60 Å². The molecule has 0 fully saturated rings. The molecule has 0 heterocycles. The topological polar surface area (TPSA) is 23.1 Å². The zero-order chi connectivity index (χ0) is 20.2. The minimum Gasteiger partial charge on any atom is -0.833 e. The second-order valence-corrected chi connectivity index (χ2v) is 6.49. The minimum atomic E-state index is -5.97. The maximum atomic E-state index is 12.2. The van der Waals surface area contributed by atoms with Crippen LogP contribution in [-0.4, -0.2) is 36.8 Å². The van der Waals surface area contributed by atoms with Crippen molar-refractivity contribution in [1.82, 2.24) is 0 Å². The smallest absolute Gasteiger partial charge is 0.392 e. The van der Waals surface area contributed by atoms with Crippen LogP contribution in [0, 0.1) is 17.9 Å². The summed E-state index contributed by atoms with van der Waals surface area (Å²) in [6, 6.07) is 5.02. The van der Waals surface area contributed by atoms with Crippen LogP contribution in [0.4, 0.5) is 26.3 Å². The van der Waals surface area contributed by atoms with Crippen LogP contribution in [0.25, 0.3) is 0 Å². The van der Waals surface area contributed by atoms with E-state index in [0.29, 0.717) is 6.07 Å². The third kappa shape index (κ3) is 6.44. The van der Waals surface area contributed by atoms with Gasteiger partial charge in [-0.3, -0.25) is 0 Å². The van der Waals surface area contributed by atoms with Crippen molar-refractivity contribution in [2.24, 2.45) is 5.41 Å².